The van der Waals surface area contributed by atoms with Gasteiger partial charge < -0.3 is 10.5 Å². The van der Waals surface area contributed by atoms with Gasteiger partial charge in [0.15, 0.2) is 0 Å². The molecule has 0 aliphatic rings. The first kappa shape index (κ1) is 18.1. The molecular formula is C18H32N2O. The fourth-order valence-electron chi connectivity index (χ4n) is 2.83. The van der Waals surface area contributed by atoms with E-state index in [4.69, 9.17) is 10.5 Å². The lowest BCUT2D eigenvalue weighted by Crippen LogP contribution is -2.46. The molecule has 0 aromatic heterocycles. The van der Waals surface area contributed by atoms with Crippen molar-refractivity contribution < 1.29 is 4.74 Å². The van der Waals surface area contributed by atoms with Gasteiger partial charge in [-0.3, -0.25) is 4.90 Å². The molecule has 1 aromatic rings. The summed E-state index contributed by atoms with van der Waals surface area (Å²) < 4.78 is 5.31. The van der Waals surface area contributed by atoms with Crippen LogP contribution in [0.1, 0.15) is 50.8 Å². The molecule has 3 atom stereocenters. The molecule has 0 saturated heterocycles. The number of rotatable bonds is 9. The molecule has 0 saturated carbocycles. The fourth-order valence-corrected chi connectivity index (χ4v) is 2.83. The van der Waals surface area contributed by atoms with Gasteiger partial charge in [-0.2, -0.15) is 0 Å². The molecule has 0 bridgehead atoms. The number of ether oxygens (including phenoxy) is 1. The zero-order chi connectivity index (χ0) is 15.8. The first-order chi connectivity index (χ1) is 10.0. The molecule has 3 unspecified atom stereocenters. The van der Waals surface area contributed by atoms with Gasteiger partial charge in [0.2, 0.25) is 0 Å². The summed E-state index contributed by atoms with van der Waals surface area (Å²) in [6.45, 7) is 10.5. The Labute approximate surface area is 130 Å². The van der Waals surface area contributed by atoms with Crippen molar-refractivity contribution in [3.8, 4) is 0 Å². The van der Waals surface area contributed by atoms with E-state index in [2.05, 4.69) is 56.9 Å². The van der Waals surface area contributed by atoms with Gasteiger partial charge in [0.05, 0.1) is 12.6 Å². The third kappa shape index (κ3) is 5.10. The van der Waals surface area contributed by atoms with Crippen LogP contribution in [0, 0.1) is 6.92 Å². The predicted octanol–water partition coefficient (Wildman–Crippen LogP) is 3.52. The molecule has 2 N–H and O–H groups in total. The quantitative estimate of drug-likeness (QED) is 0.757. The number of nitrogens with two attached hydrogens (primary N) is 1. The van der Waals surface area contributed by atoms with E-state index in [0.717, 1.165) is 26.0 Å². The minimum absolute atomic E-state index is 0.137. The third-order valence-corrected chi connectivity index (χ3v) is 4.33. The van der Waals surface area contributed by atoms with E-state index in [-0.39, 0.29) is 12.1 Å². The van der Waals surface area contributed by atoms with Crippen LogP contribution < -0.4 is 5.73 Å². The Kier molecular flexibility index (Phi) is 7.94. The van der Waals surface area contributed by atoms with E-state index < -0.39 is 0 Å². The molecule has 21 heavy (non-hydrogen) atoms. The minimum atomic E-state index is 0.137. The van der Waals surface area contributed by atoms with Crippen LogP contribution >= 0.6 is 0 Å². The predicted molar refractivity (Wildman–Crippen MR) is 90.5 cm³/mol. The van der Waals surface area contributed by atoms with E-state index >= 15 is 0 Å². The zero-order valence-corrected chi connectivity index (χ0v) is 14.3. The second-order valence-electron chi connectivity index (χ2n) is 5.92. The molecule has 1 rings (SSSR count). The van der Waals surface area contributed by atoms with Gasteiger partial charge in [-0.05, 0) is 32.3 Å². The number of aryl methyl sites for hydroxylation is 1. The maximum atomic E-state index is 6.48. The van der Waals surface area contributed by atoms with E-state index in [9.17, 15) is 0 Å². The average molecular weight is 292 g/mol. The number of hydrogen-bond acceptors (Lipinski definition) is 3. The van der Waals surface area contributed by atoms with Crippen LogP contribution in [0.25, 0.3) is 0 Å². The van der Waals surface area contributed by atoms with E-state index in [1.165, 1.54) is 11.1 Å². The molecule has 120 valence electrons. The van der Waals surface area contributed by atoms with Crippen LogP contribution in [0.5, 0.6) is 0 Å². The molecule has 0 aliphatic heterocycles. The minimum Gasteiger partial charge on any atom is -0.383 e. The van der Waals surface area contributed by atoms with Crippen LogP contribution in [0.3, 0.4) is 0 Å². The average Bonchev–Trinajstić information content (AvgIpc) is 2.49. The molecule has 1 aromatic carbocycles. The van der Waals surface area contributed by atoms with E-state index in [1.807, 2.05) is 0 Å². The second-order valence-corrected chi connectivity index (χ2v) is 5.92. The number of nitrogens with zero attached hydrogens (tertiary/aromatic N) is 1. The van der Waals surface area contributed by atoms with Gasteiger partial charge in [0.25, 0.3) is 0 Å². The fraction of sp³-hybridized carbons (Fsp3) is 0.667. The Balaban J connectivity index is 3.12. The van der Waals surface area contributed by atoms with Crippen molar-refractivity contribution in [3.05, 3.63) is 35.4 Å². The van der Waals surface area contributed by atoms with Crippen LogP contribution in [0.15, 0.2) is 24.3 Å². The Morgan fingerprint density at radius 1 is 1.24 bits per heavy atom. The van der Waals surface area contributed by atoms with Crippen molar-refractivity contribution in [2.45, 2.75) is 58.7 Å². The van der Waals surface area contributed by atoms with Gasteiger partial charge in [0.1, 0.15) is 0 Å². The highest BCUT2D eigenvalue weighted by molar-refractivity contribution is 5.26. The van der Waals surface area contributed by atoms with Gasteiger partial charge >= 0.3 is 0 Å². The molecule has 0 heterocycles. The first-order valence-corrected chi connectivity index (χ1v) is 8.11. The maximum absolute atomic E-state index is 6.48. The van der Waals surface area contributed by atoms with Crippen LogP contribution in [0.4, 0.5) is 0 Å². The Hall–Kier alpha value is -0.900. The van der Waals surface area contributed by atoms with E-state index in [0.29, 0.717) is 6.04 Å². The molecule has 0 radical (unpaired) electrons. The largest absolute Gasteiger partial charge is 0.383 e. The van der Waals surface area contributed by atoms with Crippen molar-refractivity contribution in [2.75, 3.05) is 20.3 Å². The monoisotopic (exact) mass is 292 g/mol. The van der Waals surface area contributed by atoms with Crippen LogP contribution in [0.2, 0.25) is 0 Å². The summed E-state index contributed by atoms with van der Waals surface area (Å²) in [7, 11) is 1.76. The molecule has 0 amide bonds. The van der Waals surface area contributed by atoms with Crippen molar-refractivity contribution in [1.82, 2.24) is 4.90 Å². The molecular weight excluding hydrogens is 260 g/mol. The highest BCUT2D eigenvalue weighted by atomic mass is 16.5. The Bertz CT molecular complexity index is 408. The number of methoxy groups -OCH3 is 1. The number of hydrogen-bond donors (Lipinski definition) is 1. The summed E-state index contributed by atoms with van der Waals surface area (Å²) in [5, 5.41) is 0. The van der Waals surface area contributed by atoms with E-state index in [1.54, 1.807) is 7.11 Å². The summed E-state index contributed by atoms with van der Waals surface area (Å²) in [5.74, 6) is 0. The molecule has 0 aliphatic carbocycles. The molecule has 3 heteroatoms. The SMILES string of the molecule is CCC(N)C(c1cccc(C)c1)N(CCOC)C(C)CC. The summed E-state index contributed by atoms with van der Waals surface area (Å²) in [6, 6.07) is 9.62. The summed E-state index contributed by atoms with van der Waals surface area (Å²) in [5.41, 5.74) is 9.09. The van der Waals surface area contributed by atoms with Crippen molar-refractivity contribution in [3.63, 3.8) is 0 Å². The lowest BCUT2D eigenvalue weighted by molar-refractivity contribution is 0.0755. The van der Waals surface area contributed by atoms with Gasteiger partial charge in [-0.25, -0.2) is 0 Å². The first-order valence-electron chi connectivity index (χ1n) is 8.11. The molecule has 0 fully saturated rings. The van der Waals surface area contributed by atoms with Gasteiger partial charge in [-0.1, -0.05) is 43.7 Å². The number of benzene rings is 1. The van der Waals surface area contributed by atoms with Gasteiger partial charge in [-0.15, -0.1) is 0 Å². The van der Waals surface area contributed by atoms with Crippen LogP contribution in [-0.4, -0.2) is 37.2 Å². The summed E-state index contributed by atoms with van der Waals surface area (Å²) >= 11 is 0. The van der Waals surface area contributed by atoms with Crippen molar-refractivity contribution in [2.24, 2.45) is 5.73 Å². The van der Waals surface area contributed by atoms with Gasteiger partial charge in [0, 0.05) is 25.7 Å². The zero-order valence-electron chi connectivity index (χ0n) is 14.3. The Morgan fingerprint density at radius 3 is 2.48 bits per heavy atom. The smallest absolute Gasteiger partial charge is 0.0590 e. The van der Waals surface area contributed by atoms with Crippen LogP contribution in [-0.2, 0) is 4.74 Å². The lowest BCUT2D eigenvalue weighted by Gasteiger charge is -2.39. The lowest BCUT2D eigenvalue weighted by atomic mass is 9.93. The standard InChI is InChI=1S/C18H32N2O/c1-6-15(4)20(11-12-21-5)18(17(19)7-2)16-10-8-9-14(3)13-16/h8-10,13,15,17-18H,6-7,11-12,19H2,1-5H3. The maximum Gasteiger partial charge on any atom is 0.0590 e. The third-order valence-electron chi connectivity index (χ3n) is 4.33. The molecule has 0 spiro atoms. The summed E-state index contributed by atoms with van der Waals surface area (Å²) in [6.07, 6.45) is 2.08. The normalized spacial score (nSPS) is 16.0. The highest BCUT2D eigenvalue weighted by Gasteiger charge is 2.28. The van der Waals surface area contributed by atoms with Crippen molar-refractivity contribution >= 4 is 0 Å². The topological polar surface area (TPSA) is 38.5 Å². The van der Waals surface area contributed by atoms with Crippen molar-refractivity contribution in [1.29, 1.82) is 0 Å². The Morgan fingerprint density at radius 2 is 1.95 bits per heavy atom. The molecule has 3 nitrogen and oxygen atoms in total. The highest BCUT2D eigenvalue weighted by Crippen LogP contribution is 2.28. The second kappa shape index (κ2) is 9.19. The summed E-state index contributed by atoms with van der Waals surface area (Å²) in [4.78, 5) is 2.51.